The van der Waals surface area contributed by atoms with Gasteiger partial charge in [-0.3, -0.25) is 10.3 Å². The molecular formula is C28H32FN3O. The Kier molecular flexibility index (Phi) is 6.81. The topological polar surface area (TPSA) is 48.4 Å². The molecule has 0 spiro atoms. The van der Waals surface area contributed by atoms with Crippen LogP contribution in [-0.2, 0) is 12.8 Å². The van der Waals surface area contributed by atoms with Crippen molar-refractivity contribution in [3.8, 4) is 0 Å². The van der Waals surface area contributed by atoms with Crippen LogP contribution in [0.4, 0.5) is 4.39 Å². The van der Waals surface area contributed by atoms with Crippen LogP contribution in [0.15, 0.2) is 72.9 Å². The number of aliphatic hydroxyl groups is 1. The number of rotatable bonds is 7. The summed E-state index contributed by atoms with van der Waals surface area (Å²) in [6.07, 6.45) is 5.41. The van der Waals surface area contributed by atoms with Crippen LogP contribution >= 0.6 is 0 Å². The Bertz CT molecular complexity index is 1010. The average Bonchev–Trinajstić information content (AvgIpc) is 3.26. The van der Waals surface area contributed by atoms with Crippen molar-refractivity contribution in [1.29, 1.82) is 0 Å². The number of piperidine rings is 1. The van der Waals surface area contributed by atoms with E-state index >= 15 is 0 Å². The van der Waals surface area contributed by atoms with Gasteiger partial charge in [0.05, 0.1) is 11.7 Å². The minimum absolute atomic E-state index is 0.189. The van der Waals surface area contributed by atoms with Crippen molar-refractivity contribution in [2.75, 3.05) is 19.6 Å². The van der Waals surface area contributed by atoms with E-state index in [1.165, 1.54) is 36.1 Å². The molecule has 5 heteroatoms. The number of fused-ring (bicyclic) bond motifs is 1. The molecule has 5 rings (SSSR count). The maximum atomic E-state index is 13.5. The van der Waals surface area contributed by atoms with Crippen molar-refractivity contribution in [1.82, 2.24) is 15.2 Å². The third-order valence-corrected chi connectivity index (χ3v) is 7.26. The number of pyridine rings is 1. The van der Waals surface area contributed by atoms with Gasteiger partial charge in [0, 0.05) is 18.7 Å². The quantitative estimate of drug-likeness (QED) is 0.531. The van der Waals surface area contributed by atoms with Crippen LogP contribution in [0.25, 0.3) is 0 Å². The molecule has 1 aromatic heterocycles. The SMILES string of the molecule is OC(NC(c1ccc(F)cc1)c1ccccn1)C1CCN(CC2Cc3ccccc3C2)CC1. The van der Waals surface area contributed by atoms with Gasteiger partial charge >= 0.3 is 0 Å². The predicted molar refractivity (Wildman–Crippen MR) is 128 cm³/mol. The first kappa shape index (κ1) is 22.2. The zero-order valence-electron chi connectivity index (χ0n) is 18.9. The summed E-state index contributed by atoms with van der Waals surface area (Å²) in [5.74, 6) is 0.625. The van der Waals surface area contributed by atoms with Gasteiger partial charge in [-0.25, -0.2) is 4.39 Å². The third-order valence-electron chi connectivity index (χ3n) is 7.26. The van der Waals surface area contributed by atoms with Crippen LogP contribution in [-0.4, -0.2) is 40.9 Å². The number of aliphatic hydroxyl groups excluding tert-OH is 1. The van der Waals surface area contributed by atoms with Gasteiger partial charge in [-0.2, -0.15) is 0 Å². The van der Waals surface area contributed by atoms with Crippen molar-refractivity contribution in [2.24, 2.45) is 11.8 Å². The largest absolute Gasteiger partial charge is 0.378 e. The molecule has 1 saturated heterocycles. The lowest BCUT2D eigenvalue weighted by molar-refractivity contribution is 0.0272. The summed E-state index contributed by atoms with van der Waals surface area (Å²) in [5, 5.41) is 14.5. The predicted octanol–water partition coefficient (Wildman–Crippen LogP) is 4.35. The molecule has 0 saturated carbocycles. The lowest BCUT2D eigenvalue weighted by atomic mass is 9.92. The van der Waals surface area contributed by atoms with E-state index in [2.05, 4.69) is 39.5 Å². The second-order valence-corrected chi connectivity index (χ2v) is 9.53. The molecule has 0 radical (unpaired) electrons. The van der Waals surface area contributed by atoms with Gasteiger partial charge in [0.15, 0.2) is 0 Å². The smallest absolute Gasteiger partial charge is 0.123 e. The highest BCUT2D eigenvalue weighted by atomic mass is 19.1. The van der Waals surface area contributed by atoms with Crippen LogP contribution in [0.2, 0.25) is 0 Å². The first-order chi connectivity index (χ1) is 16.2. The molecule has 1 aliphatic carbocycles. The van der Waals surface area contributed by atoms with Crippen molar-refractivity contribution in [3.63, 3.8) is 0 Å². The Balaban J connectivity index is 1.17. The van der Waals surface area contributed by atoms with E-state index in [1.807, 2.05) is 18.2 Å². The molecule has 0 bridgehead atoms. The summed E-state index contributed by atoms with van der Waals surface area (Å²) in [6, 6.07) is 20.7. The Morgan fingerprint density at radius 2 is 1.61 bits per heavy atom. The molecule has 33 heavy (non-hydrogen) atoms. The lowest BCUT2D eigenvalue weighted by Crippen LogP contribution is -2.45. The highest BCUT2D eigenvalue weighted by Gasteiger charge is 2.30. The third kappa shape index (κ3) is 5.32. The number of aromatic nitrogens is 1. The van der Waals surface area contributed by atoms with Crippen LogP contribution in [0.5, 0.6) is 0 Å². The van der Waals surface area contributed by atoms with Gasteiger partial charge in [0.1, 0.15) is 12.0 Å². The molecule has 4 nitrogen and oxygen atoms in total. The van der Waals surface area contributed by atoms with Crippen LogP contribution < -0.4 is 5.32 Å². The van der Waals surface area contributed by atoms with Gasteiger partial charge in [-0.15, -0.1) is 0 Å². The minimum Gasteiger partial charge on any atom is -0.378 e. The summed E-state index contributed by atoms with van der Waals surface area (Å²) in [6.45, 7) is 3.17. The van der Waals surface area contributed by atoms with Crippen molar-refractivity contribution in [3.05, 3.63) is 101 Å². The molecule has 3 aromatic rings. The van der Waals surface area contributed by atoms with E-state index in [-0.39, 0.29) is 17.8 Å². The fourth-order valence-electron chi connectivity index (χ4n) is 5.46. The zero-order valence-corrected chi connectivity index (χ0v) is 18.9. The van der Waals surface area contributed by atoms with Crippen molar-refractivity contribution < 1.29 is 9.50 Å². The van der Waals surface area contributed by atoms with Crippen LogP contribution in [0.3, 0.4) is 0 Å². The Morgan fingerprint density at radius 1 is 0.939 bits per heavy atom. The van der Waals surface area contributed by atoms with Crippen molar-refractivity contribution in [2.45, 2.75) is 38.0 Å². The maximum Gasteiger partial charge on any atom is 0.123 e. The highest BCUT2D eigenvalue weighted by molar-refractivity contribution is 5.32. The number of nitrogens with one attached hydrogen (secondary N) is 1. The Morgan fingerprint density at radius 3 is 2.24 bits per heavy atom. The fourth-order valence-corrected chi connectivity index (χ4v) is 5.46. The van der Waals surface area contributed by atoms with E-state index in [4.69, 9.17) is 0 Å². The van der Waals surface area contributed by atoms with Crippen LogP contribution in [0, 0.1) is 17.7 Å². The number of hydrogen-bond acceptors (Lipinski definition) is 4. The first-order valence-corrected chi connectivity index (χ1v) is 12.1. The first-order valence-electron chi connectivity index (χ1n) is 12.1. The lowest BCUT2D eigenvalue weighted by Gasteiger charge is -2.36. The minimum atomic E-state index is -0.639. The summed E-state index contributed by atoms with van der Waals surface area (Å²) in [7, 11) is 0. The van der Waals surface area contributed by atoms with Crippen molar-refractivity contribution >= 4 is 0 Å². The summed E-state index contributed by atoms with van der Waals surface area (Å²) >= 11 is 0. The van der Waals surface area contributed by atoms with E-state index < -0.39 is 6.23 Å². The summed E-state index contributed by atoms with van der Waals surface area (Å²) in [5.41, 5.74) is 4.74. The molecule has 2 atom stereocenters. The van der Waals surface area contributed by atoms with Gasteiger partial charge in [0.2, 0.25) is 0 Å². The van der Waals surface area contributed by atoms with Gasteiger partial charge < -0.3 is 10.0 Å². The molecule has 2 unspecified atom stereocenters. The standard InChI is InChI=1S/C28H32FN3O/c29-25-10-8-21(9-11-25)27(26-7-3-4-14-30-26)31-28(33)22-12-15-32(16-13-22)19-20-17-23-5-1-2-6-24(23)18-20/h1-11,14,20,22,27-28,31,33H,12-13,15-19H2. The molecule has 2 aliphatic rings. The molecule has 1 fully saturated rings. The van der Waals surface area contributed by atoms with Gasteiger partial charge in [-0.05, 0) is 85.6 Å². The Labute approximate surface area is 195 Å². The Hall–Kier alpha value is -2.60. The molecule has 2 N–H and O–H groups in total. The number of hydrogen-bond donors (Lipinski definition) is 2. The van der Waals surface area contributed by atoms with Crippen LogP contribution in [0.1, 0.15) is 41.3 Å². The zero-order chi connectivity index (χ0) is 22.6. The summed E-state index contributed by atoms with van der Waals surface area (Å²) in [4.78, 5) is 7.05. The molecule has 2 heterocycles. The number of nitrogens with zero attached hydrogens (tertiary/aromatic N) is 2. The molecule has 0 amide bonds. The van der Waals surface area contributed by atoms with E-state index in [9.17, 15) is 9.50 Å². The highest BCUT2D eigenvalue weighted by Crippen LogP contribution is 2.30. The number of halogens is 1. The average molecular weight is 446 g/mol. The maximum absolute atomic E-state index is 13.5. The fraction of sp³-hybridized carbons (Fsp3) is 0.393. The molecule has 2 aromatic carbocycles. The van der Waals surface area contributed by atoms with E-state index in [0.29, 0.717) is 5.92 Å². The van der Waals surface area contributed by atoms with Gasteiger partial charge in [0.25, 0.3) is 0 Å². The second kappa shape index (κ2) is 10.1. The number of benzene rings is 2. The second-order valence-electron chi connectivity index (χ2n) is 9.53. The monoisotopic (exact) mass is 445 g/mol. The molecule has 1 aliphatic heterocycles. The van der Waals surface area contributed by atoms with E-state index in [0.717, 1.165) is 43.7 Å². The van der Waals surface area contributed by atoms with E-state index in [1.54, 1.807) is 18.3 Å². The normalized spacial score (nSPS) is 19.3. The summed E-state index contributed by atoms with van der Waals surface area (Å²) < 4.78 is 13.5. The molecular weight excluding hydrogens is 413 g/mol. The number of likely N-dealkylation sites (tertiary alicyclic amines) is 1. The molecule has 172 valence electrons. The van der Waals surface area contributed by atoms with Gasteiger partial charge in [-0.1, -0.05) is 42.5 Å².